The first-order valence-electron chi connectivity index (χ1n) is 11.0. The van der Waals surface area contributed by atoms with Crippen LogP contribution < -0.4 is 15.0 Å². The number of benzene rings is 1. The average Bonchev–Trinajstić information content (AvgIpc) is 3.46. The summed E-state index contributed by atoms with van der Waals surface area (Å²) in [6.07, 6.45) is 6.63. The third-order valence-corrected chi connectivity index (χ3v) is 8.44. The number of hydrogen-bond donors (Lipinski definition) is 2. The van der Waals surface area contributed by atoms with Gasteiger partial charge in [0.15, 0.2) is 15.6 Å². The van der Waals surface area contributed by atoms with Crippen LogP contribution in [-0.4, -0.2) is 50.0 Å². The monoisotopic (exact) mass is 479 g/mol. The molecule has 1 saturated heterocycles. The van der Waals surface area contributed by atoms with Gasteiger partial charge >= 0.3 is 0 Å². The van der Waals surface area contributed by atoms with Crippen LogP contribution in [0.5, 0.6) is 5.75 Å². The number of carbonyl (C=O) groups is 1. The van der Waals surface area contributed by atoms with Gasteiger partial charge in [0.05, 0.1) is 23.3 Å². The van der Waals surface area contributed by atoms with Crippen molar-refractivity contribution < 1.29 is 23.1 Å². The van der Waals surface area contributed by atoms with Crippen LogP contribution in [0.1, 0.15) is 55.8 Å². The number of halogens is 2. The number of hydrogen-bond acceptors (Lipinski definition) is 7. The van der Waals surface area contributed by atoms with E-state index in [1.54, 1.807) is 0 Å². The van der Waals surface area contributed by atoms with Crippen molar-refractivity contribution in [2.45, 2.75) is 62.3 Å². The first kappa shape index (κ1) is 21.8. The van der Waals surface area contributed by atoms with E-state index < -0.39 is 14.8 Å². The van der Waals surface area contributed by atoms with Crippen molar-refractivity contribution in [3.8, 4) is 5.75 Å². The summed E-state index contributed by atoms with van der Waals surface area (Å²) in [5, 5.41) is 11.9. The molecule has 2 aliphatic carbocycles. The van der Waals surface area contributed by atoms with Crippen molar-refractivity contribution in [1.29, 1.82) is 0 Å². The van der Waals surface area contributed by atoms with E-state index in [2.05, 4.69) is 20.5 Å². The van der Waals surface area contributed by atoms with Crippen LogP contribution in [-0.2, 0) is 9.53 Å². The number of aromatic nitrogens is 2. The summed E-state index contributed by atoms with van der Waals surface area (Å²) < 4.78 is 30.6. The quantitative estimate of drug-likeness (QED) is 0.561. The summed E-state index contributed by atoms with van der Waals surface area (Å²) in [4.78, 5) is 15.2. The van der Waals surface area contributed by atoms with E-state index in [1.165, 1.54) is 31.0 Å². The molecule has 1 aliphatic heterocycles. The summed E-state index contributed by atoms with van der Waals surface area (Å²) in [5.74, 6) is 1.10. The van der Waals surface area contributed by atoms with Gasteiger partial charge in [0.2, 0.25) is 17.7 Å². The van der Waals surface area contributed by atoms with Gasteiger partial charge in [0.1, 0.15) is 11.6 Å². The van der Waals surface area contributed by atoms with Crippen LogP contribution in [0, 0.1) is 5.82 Å². The Bertz CT molecular complexity index is 961. The smallest absolute Gasteiger partial charge is 0.250 e. The summed E-state index contributed by atoms with van der Waals surface area (Å²) >= 11 is 5.65. The Morgan fingerprint density at radius 2 is 2.06 bits per heavy atom. The highest BCUT2D eigenvalue weighted by Gasteiger charge is 2.39. The third-order valence-electron chi connectivity index (χ3n) is 5.98. The van der Waals surface area contributed by atoms with E-state index in [4.69, 9.17) is 25.5 Å². The molecular formula is C21H25ClFN4O4Si. The van der Waals surface area contributed by atoms with Crippen LogP contribution in [0.3, 0.4) is 0 Å². The molecule has 1 aromatic carbocycles. The second-order valence-electron chi connectivity index (χ2n) is 8.59. The molecule has 3 fully saturated rings. The largest absolute Gasteiger partial charge is 0.484 e. The number of nitrogens with one attached hydrogen (secondary N) is 2. The molecule has 11 heteroatoms. The van der Waals surface area contributed by atoms with E-state index in [0.29, 0.717) is 36.1 Å². The zero-order chi connectivity index (χ0) is 22.1. The van der Waals surface area contributed by atoms with Gasteiger partial charge in [-0.05, 0) is 50.3 Å². The Hall–Kier alpha value is -2.01. The van der Waals surface area contributed by atoms with Gasteiger partial charge in [-0.25, -0.2) is 4.39 Å². The molecule has 2 saturated carbocycles. The second kappa shape index (κ2) is 9.46. The molecule has 1 aromatic heterocycles. The predicted molar refractivity (Wildman–Crippen MR) is 115 cm³/mol. The van der Waals surface area contributed by atoms with Crippen LogP contribution in [0.2, 0.25) is 11.1 Å². The highest BCUT2D eigenvalue weighted by atomic mass is 35.5. The number of amides is 1. The molecule has 2 N–H and O–H groups in total. The lowest BCUT2D eigenvalue weighted by atomic mass is 9.82. The summed E-state index contributed by atoms with van der Waals surface area (Å²) in [6.45, 7) is -0.168. The van der Waals surface area contributed by atoms with Crippen molar-refractivity contribution in [3.63, 3.8) is 0 Å². The first-order valence-corrected chi connectivity index (χ1v) is 13.3. The van der Waals surface area contributed by atoms with Crippen LogP contribution in [0.4, 0.5) is 4.39 Å². The Morgan fingerprint density at radius 1 is 1.25 bits per heavy atom. The van der Waals surface area contributed by atoms with Crippen LogP contribution in [0.25, 0.3) is 0 Å². The Morgan fingerprint density at radius 3 is 2.78 bits per heavy atom. The number of ether oxygens (including phenoxy) is 2. The number of carbonyl (C=O) groups excluding carboxylic acids is 1. The zero-order valence-corrected chi connectivity index (χ0v) is 19.2. The zero-order valence-electron chi connectivity index (χ0n) is 17.5. The molecule has 2 aromatic rings. The normalized spacial score (nSPS) is 25.9. The lowest BCUT2D eigenvalue weighted by molar-refractivity contribution is -0.121. The van der Waals surface area contributed by atoms with Gasteiger partial charge in [-0.2, -0.15) is 0 Å². The fourth-order valence-electron chi connectivity index (χ4n) is 3.93. The minimum atomic E-state index is -1.11. The highest BCUT2D eigenvalue weighted by molar-refractivity contribution is 6.59. The Balaban J connectivity index is 1.03. The van der Waals surface area contributed by atoms with Crippen molar-refractivity contribution >= 4 is 26.5 Å². The SMILES string of the molecule is O=C(COc1ccc(Cl)c(F)c1)N[Si]1CC[C@H](c2nnc(C3CC(OC4CC4)C3)o2)NC1. The van der Waals surface area contributed by atoms with Gasteiger partial charge in [0, 0.05) is 18.2 Å². The van der Waals surface area contributed by atoms with E-state index >= 15 is 0 Å². The molecule has 1 radical (unpaired) electrons. The molecule has 1 atom stereocenters. The van der Waals surface area contributed by atoms with Crippen molar-refractivity contribution in [1.82, 2.24) is 20.5 Å². The topological polar surface area (TPSA) is 98.5 Å². The predicted octanol–water partition coefficient (Wildman–Crippen LogP) is 3.05. The van der Waals surface area contributed by atoms with Gasteiger partial charge in [0.25, 0.3) is 0 Å². The molecule has 1 amide bonds. The van der Waals surface area contributed by atoms with E-state index in [1.807, 2.05) is 0 Å². The standard InChI is InChI=1S/C21H25ClFN4O4Si/c22-16-4-3-14(9-17(16)23)29-10-19(28)27-32-6-5-18(24-11-32)21-26-25-20(31-21)12-7-15(8-12)30-13-1-2-13/h3-4,9,12-13,15,18,24H,1-2,5-8,10-11H2,(H,27,28)/t12?,15?,18-/m1/s1. The summed E-state index contributed by atoms with van der Waals surface area (Å²) in [5.41, 5.74) is 0. The van der Waals surface area contributed by atoms with Crippen LogP contribution >= 0.6 is 11.6 Å². The number of rotatable bonds is 8. The first-order chi connectivity index (χ1) is 15.5. The van der Waals surface area contributed by atoms with E-state index in [9.17, 15) is 9.18 Å². The van der Waals surface area contributed by atoms with Gasteiger partial charge in [-0.1, -0.05) is 11.6 Å². The third kappa shape index (κ3) is 5.30. The fraction of sp³-hybridized carbons (Fsp3) is 0.571. The van der Waals surface area contributed by atoms with E-state index in [0.717, 1.165) is 25.3 Å². The minimum absolute atomic E-state index is 0.00813. The maximum absolute atomic E-state index is 13.4. The summed E-state index contributed by atoms with van der Waals surface area (Å²) in [6, 6.07) is 4.98. The molecule has 8 nitrogen and oxygen atoms in total. The average molecular weight is 480 g/mol. The molecule has 3 aliphatic rings. The molecule has 0 spiro atoms. The van der Waals surface area contributed by atoms with Gasteiger partial charge in [-0.3, -0.25) is 4.79 Å². The molecular weight excluding hydrogens is 455 g/mol. The summed E-state index contributed by atoms with van der Waals surface area (Å²) in [7, 11) is -1.11. The van der Waals surface area contributed by atoms with Crippen molar-refractivity contribution in [3.05, 3.63) is 40.8 Å². The van der Waals surface area contributed by atoms with Gasteiger partial charge < -0.3 is 24.2 Å². The minimum Gasteiger partial charge on any atom is -0.484 e. The van der Waals surface area contributed by atoms with E-state index in [-0.39, 0.29) is 29.3 Å². The number of nitrogens with zero attached hydrogens (tertiary/aromatic N) is 2. The van der Waals surface area contributed by atoms with Crippen molar-refractivity contribution in [2.75, 3.05) is 12.8 Å². The Labute approximate surface area is 191 Å². The lowest BCUT2D eigenvalue weighted by Crippen LogP contribution is -2.51. The lowest BCUT2D eigenvalue weighted by Gasteiger charge is -2.32. The highest BCUT2D eigenvalue weighted by Crippen LogP contribution is 2.41. The molecule has 32 heavy (non-hydrogen) atoms. The van der Waals surface area contributed by atoms with Crippen molar-refractivity contribution in [2.24, 2.45) is 0 Å². The fourth-order valence-corrected chi connectivity index (χ4v) is 6.03. The molecule has 0 bridgehead atoms. The molecule has 2 heterocycles. The maximum atomic E-state index is 13.4. The Kier molecular flexibility index (Phi) is 6.45. The molecule has 5 rings (SSSR count). The van der Waals surface area contributed by atoms with Gasteiger partial charge in [-0.15, -0.1) is 10.2 Å². The second-order valence-corrected chi connectivity index (χ2v) is 11.3. The van der Waals surface area contributed by atoms with Crippen LogP contribution in [0.15, 0.2) is 22.6 Å². The molecule has 0 unspecified atom stereocenters. The maximum Gasteiger partial charge on any atom is 0.250 e. The molecule has 171 valence electrons.